The van der Waals surface area contributed by atoms with E-state index >= 15 is 0 Å². The zero-order chi connectivity index (χ0) is 16.4. The molecule has 1 atom stereocenters. The molecule has 2 heterocycles. The quantitative estimate of drug-likeness (QED) is 0.632. The average Bonchev–Trinajstić information content (AvgIpc) is 3.13. The maximum absolute atomic E-state index is 12.2. The third-order valence-electron chi connectivity index (χ3n) is 4.02. The van der Waals surface area contributed by atoms with Crippen LogP contribution in [-0.4, -0.2) is 26.5 Å². The first-order valence-electron chi connectivity index (χ1n) is 7.72. The summed E-state index contributed by atoms with van der Waals surface area (Å²) in [6.07, 6.45) is 3.68. The summed E-state index contributed by atoms with van der Waals surface area (Å²) in [6, 6.07) is 7.43. The van der Waals surface area contributed by atoms with Crippen LogP contribution in [-0.2, 0) is 17.8 Å². The molecule has 0 aliphatic heterocycles. The van der Waals surface area contributed by atoms with Gasteiger partial charge in [-0.25, -0.2) is 4.98 Å². The molecule has 2 aromatic heterocycles. The molecule has 0 saturated heterocycles. The van der Waals surface area contributed by atoms with Gasteiger partial charge in [0.25, 0.3) is 0 Å². The second-order valence-electron chi connectivity index (χ2n) is 5.68. The van der Waals surface area contributed by atoms with Gasteiger partial charge < -0.3 is 20.6 Å². The fourth-order valence-corrected chi connectivity index (χ4v) is 2.87. The number of carbonyl (C=O) groups excluding carboxylic acids is 1. The Morgan fingerprint density at radius 3 is 2.76 bits per heavy atom. The van der Waals surface area contributed by atoms with Gasteiger partial charge in [0.15, 0.2) is 0 Å². The number of nitrogens with one attached hydrogen (secondary N) is 2. The molecule has 0 spiro atoms. The number of halogens is 2. The van der Waals surface area contributed by atoms with Crippen LogP contribution < -0.4 is 11.1 Å². The van der Waals surface area contributed by atoms with E-state index in [2.05, 4.69) is 39.8 Å². The Morgan fingerprint density at radius 2 is 2.12 bits per heavy atom. The van der Waals surface area contributed by atoms with Crippen molar-refractivity contribution in [1.29, 1.82) is 0 Å². The third-order valence-corrected chi connectivity index (χ3v) is 4.02. The molecule has 4 N–H and O–H groups in total. The molecule has 3 rings (SSSR count). The normalized spacial score (nSPS) is 11.5. The van der Waals surface area contributed by atoms with E-state index in [-0.39, 0.29) is 30.7 Å². The third kappa shape index (κ3) is 4.54. The van der Waals surface area contributed by atoms with Crippen LogP contribution in [0.2, 0.25) is 0 Å². The minimum atomic E-state index is -0.617. The van der Waals surface area contributed by atoms with Crippen LogP contribution in [0, 0.1) is 6.92 Å². The largest absolute Gasteiger partial charge is 0.348 e. The lowest BCUT2D eigenvalue weighted by Crippen LogP contribution is -2.37. The van der Waals surface area contributed by atoms with Gasteiger partial charge in [0.05, 0.1) is 12.4 Å². The molecule has 0 saturated carbocycles. The van der Waals surface area contributed by atoms with Crippen LogP contribution in [0.1, 0.15) is 18.3 Å². The number of hydrogen-bond donors (Lipinski definition) is 3. The Kier molecular flexibility index (Phi) is 7.48. The van der Waals surface area contributed by atoms with Crippen LogP contribution >= 0.6 is 24.8 Å². The lowest BCUT2D eigenvalue weighted by atomic mass is 10.1. The minimum Gasteiger partial charge on any atom is -0.348 e. The van der Waals surface area contributed by atoms with Gasteiger partial charge in [-0.15, -0.1) is 24.8 Å². The van der Waals surface area contributed by atoms with Crippen molar-refractivity contribution in [3.63, 3.8) is 0 Å². The number of hydrogen-bond acceptors (Lipinski definition) is 3. The number of amides is 1. The van der Waals surface area contributed by atoms with Crippen LogP contribution in [0.3, 0.4) is 0 Å². The lowest BCUT2D eigenvalue weighted by molar-refractivity contribution is -0.117. The predicted molar refractivity (Wildman–Crippen MR) is 106 cm³/mol. The highest BCUT2D eigenvalue weighted by Gasteiger charge is 2.15. The molecular weight excluding hydrogens is 361 g/mol. The van der Waals surface area contributed by atoms with Crippen LogP contribution in [0.4, 0.5) is 5.69 Å². The van der Waals surface area contributed by atoms with Gasteiger partial charge in [-0.3, -0.25) is 4.79 Å². The Hall–Kier alpha value is -2.02. The highest BCUT2D eigenvalue weighted by molar-refractivity contribution is 5.97. The number of benzene rings is 1. The molecule has 25 heavy (non-hydrogen) atoms. The van der Waals surface area contributed by atoms with E-state index in [0.29, 0.717) is 6.42 Å². The molecule has 0 unspecified atom stereocenters. The summed E-state index contributed by atoms with van der Waals surface area (Å²) in [7, 11) is 0. The summed E-state index contributed by atoms with van der Waals surface area (Å²) >= 11 is 0. The second-order valence-corrected chi connectivity index (χ2v) is 5.68. The van der Waals surface area contributed by atoms with E-state index in [9.17, 15) is 4.79 Å². The Balaban J connectivity index is 0.00000156. The second kappa shape index (κ2) is 8.89. The number of aromatic amines is 1. The summed E-state index contributed by atoms with van der Waals surface area (Å²) in [5.74, 6) is -0.203. The van der Waals surface area contributed by atoms with E-state index in [1.54, 1.807) is 12.5 Å². The van der Waals surface area contributed by atoms with Gasteiger partial charge in [-0.05, 0) is 38.1 Å². The number of nitrogens with zero attached hydrogens (tertiary/aromatic N) is 2. The number of imidazole rings is 1. The molecule has 1 amide bonds. The van der Waals surface area contributed by atoms with Gasteiger partial charge in [0.1, 0.15) is 0 Å². The van der Waals surface area contributed by atoms with E-state index in [0.717, 1.165) is 23.3 Å². The SMILES string of the molecule is CCn1c(C)cc2cc(NC(=O)[C@@H](N)Cc3cnc[nH]3)ccc21.Cl.Cl. The molecule has 3 aromatic rings. The van der Waals surface area contributed by atoms with Crippen LogP contribution in [0.5, 0.6) is 0 Å². The first kappa shape index (κ1) is 21.0. The zero-order valence-electron chi connectivity index (χ0n) is 14.2. The van der Waals surface area contributed by atoms with Gasteiger partial charge in [-0.1, -0.05) is 0 Å². The van der Waals surface area contributed by atoms with Crippen molar-refractivity contribution in [2.75, 3.05) is 5.32 Å². The number of carbonyl (C=O) groups is 1. The van der Waals surface area contributed by atoms with E-state index < -0.39 is 6.04 Å². The summed E-state index contributed by atoms with van der Waals surface area (Å²) in [5, 5.41) is 4.00. The zero-order valence-corrected chi connectivity index (χ0v) is 15.8. The number of H-pyrrole nitrogens is 1. The van der Waals surface area contributed by atoms with Gasteiger partial charge in [0.2, 0.25) is 5.91 Å². The molecule has 0 aliphatic carbocycles. The number of rotatable bonds is 5. The molecule has 0 aliphatic rings. The summed E-state index contributed by atoms with van der Waals surface area (Å²) < 4.78 is 2.24. The van der Waals surface area contributed by atoms with Crippen molar-refractivity contribution in [3.05, 3.63) is 48.2 Å². The molecule has 0 radical (unpaired) electrons. The van der Waals surface area contributed by atoms with Gasteiger partial charge in [-0.2, -0.15) is 0 Å². The number of nitrogens with two attached hydrogens (primary N) is 1. The fraction of sp³-hybridized carbons (Fsp3) is 0.294. The first-order chi connectivity index (χ1) is 11.1. The van der Waals surface area contributed by atoms with Gasteiger partial charge >= 0.3 is 0 Å². The number of fused-ring (bicyclic) bond motifs is 1. The van der Waals surface area contributed by atoms with Crippen molar-refractivity contribution in [2.45, 2.75) is 32.9 Å². The molecule has 0 bridgehead atoms. The Bertz CT molecular complexity index is 829. The smallest absolute Gasteiger partial charge is 0.241 e. The average molecular weight is 384 g/mol. The standard InChI is InChI=1S/C17H21N5O.2ClH/c1-3-22-11(2)6-12-7-13(4-5-16(12)22)21-17(23)15(18)8-14-9-19-10-20-14;;/h4-7,9-10,15H,3,8,18H2,1-2H3,(H,19,20)(H,21,23);2*1H/t15-;;/m0../s1. The van der Waals surface area contributed by atoms with Crippen molar-refractivity contribution in [2.24, 2.45) is 5.73 Å². The predicted octanol–water partition coefficient (Wildman–Crippen LogP) is 3.04. The van der Waals surface area contributed by atoms with Crippen LogP contribution in [0.15, 0.2) is 36.8 Å². The highest BCUT2D eigenvalue weighted by atomic mass is 35.5. The van der Waals surface area contributed by atoms with Crippen molar-refractivity contribution in [3.8, 4) is 0 Å². The molecule has 6 nitrogen and oxygen atoms in total. The molecular formula is C17H23Cl2N5O. The van der Waals surface area contributed by atoms with Crippen molar-refractivity contribution < 1.29 is 4.79 Å². The monoisotopic (exact) mass is 383 g/mol. The molecule has 1 aromatic carbocycles. The number of aryl methyl sites for hydroxylation is 2. The number of aromatic nitrogens is 3. The van der Waals surface area contributed by atoms with Crippen LogP contribution in [0.25, 0.3) is 10.9 Å². The highest BCUT2D eigenvalue weighted by Crippen LogP contribution is 2.23. The van der Waals surface area contributed by atoms with E-state index in [4.69, 9.17) is 5.73 Å². The first-order valence-corrected chi connectivity index (χ1v) is 7.72. The Morgan fingerprint density at radius 1 is 1.36 bits per heavy atom. The summed E-state index contributed by atoms with van der Waals surface area (Å²) in [6.45, 7) is 5.13. The minimum absolute atomic E-state index is 0. The topological polar surface area (TPSA) is 88.7 Å². The maximum Gasteiger partial charge on any atom is 0.241 e. The molecule has 136 valence electrons. The Labute approximate surface area is 159 Å². The van der Waals surface area contributed by atoms with E-state index in [1.807, 2.05) is 18.2 Å². The van der Waals surface area contributed by atoms with Crippen molar-refractivity contribution in [1.82, 2.24) is 14.5 Å². The number of anilines is 1. The fourth-order valence-electron chi connectivity index (χ4n) is 2.87. The maximum atomic E-state index is 12.2. The lowest BCUT2D eigenvalue weighted by Gasteiger charge is -2.12. The molecule has 8 heteroatoms. The van der Waals surface area contributed by atoms with E-state index in [1.165, 1.54) is 11.2 Å². The summed E-state index contributed by atoms with van der Waals surface area (Å²) in [4.78, 5) is 19.1. The van der Waals surface area contributed by atoms with Crippen molar-refractivity contribution >= 4 is 47.3 Å². The molecule has 0 fully saturated rings. The van der Waals surface area contributed by atoms with Gasteiger partial charge in [0, 0.05) is 47.1 Å². The summed E-state index contributed by atoms with van der Waals surface area (Å²) in [5.41, 5.74) is 9.94.